The third-order valence-electron chi connectivity index (χ3n) is 4.74. The lowest BCUT2D eigenvalue weighted by Gasteiger charge is -2.26. The maximum Gasteiger partial charge on any atom is 0.416 e. The number of carbonyl (C=O) groups is 1. The second kappa shape index (κ2) is 7.75. The number of aliphatic imine (C=N–C) groups is 1. The average molecular weight is 439 g/mol. The van der Waals surface area contributed by atoms with Crippen molar-refractivity contribution in [3.05, 3.63) is 65.2 Å². The van der Waals surface area contributed by atoms with E-state index in [1.165, 1.54) is 12.1 Å². The van der Waals surface area contributed by atoms with Gasteiger partial charge in [-0.3, -0.25) is 14.5 Å². The number of alkyl halides is 3. The van der Waals surface area contributed by atoms with Gasteiger partial charge in [0, 0.05) is 17.5 Å². The zero-order chi connectivity index (χ0) is 22.2. The predicted molar refractivity (Wildman–Crippen MR) is 106 cm³/mol. The van der Waals surface area contributed by atoms with Gasteiger partial charge >= 0.3 is 6.18 Å². The molecule has 0 saturated heterocycles. The fourth-order valence-corrected chi connectivity index (χ4v) is 4.25. The van der Waals surface area contributed by atoms with E-state index < -0.39 is 33.1 Å². The van der Waals surface area contributed by atoms with Gasteiger partial charge < -0.3 is 5.32 Å². The number of carbonyl (C=O) groups excluding carboxylic acids is 1. The zero-order valence-corrected chi connectivity index (χ0v) is 17.1. The summed E-state index contributed by atoms with van der Waals surface area (Å²) in [6.45, 7) is 3.19. The summed E-state index contributed by atoms with van der Waals surface area (Å²) in [7, 11) is -3.69. The molecule has 0 atom stereocenters. The van der Waals surface area contributed by atoms with Crippen molar-refractivity contribution in [1.82, 2.24) is 10.0 Å². The summed E-state index contributed by atoms with van der Waals surface area (Å²) >= 11 is 0. The second-order valence-electron chi connectivity index (χ2n) is 7.51. The summed E-state index contributed by atoms with van der Waals surface area (Å²) in [6, 6.07) is 11.2. The Labute approximate surface area is 172 Å². The molecule has 1 aliphatic rings. The first kappa shape index (κ1) is 21.8. The van der Waals surface area contributed by atoms with Crippen LogP contribution in [0.2, 0.25) is 0 Å². The Morgan fingerprint density at radius 1 is 1.07 bits per heavy atom. The maximum atomic E-state index is 12.9. The number of hydrogen-bond donors (Lipinski definition) is 2. The van der Waals surface area contributed by atoms with Crippen LogP contribution in [0.15, 0.2) is 58.4 Å². The minimum Gasteiger partial charge on any atom is -0.354 e. The van der Waals surface area contributed by atoms with Gasteiger partial charge in [0.25, 0.3) is 10.0 Å². The molecule has 6 nitrogen and oxygen atoms in total. The van der Waals surface area contributed by atoms with Crippen LogP contribution in [0.3, 0.4) is 0 Å². The number of fused-ring (bicyclic) bond motifs is 1. The molecule has 0 saturated carbocycles. The summed E-state index contributed by atoms with van der Waals surface area (Å²) < 4.78 is 65.2. The first-order valence-corrected chi connectivity index (χ1v) is 10.5. The molecule has 160 valence electrons. The molecule has 1 aliphatic heterocycles. The van der Waals surface area contributed by atoms with Crippen LogP contribution in [0.1, 0.15) is 30.5 Å². The summed E-state index contributed by atoms with van der Waals surface area (Å²) in [5.41, 5.74) is -0.694. The molecule has 0 fully saturated rings. The van der Waals surface area contributed by atoms with E-state index in [4.69, 9.17) is 0 Å². The van der Waals surface area contributed by atoms with Crippen LogP contribution in [0.5, 0.6) is 0 Å². The van der Waals surface area contributed by atoms with Crippen LogP contribution in [-0.2, 0) is 26.4 Å². The van der Waals surface area contributed by atoms with Crippen molar-refractivity contribution in [2.45, 2.75) is 30.3 Å². The van der Waals surface area contributed by atoms with Crippen molar-refractivity contribution in [3.8, 4) is 0 Å². The molecule has 1 amide bonds. The molecule has 10 heteroatoms. The van der Waals surface area contributed by atoms with Gasteiger partial charge in [-0.15, -0.1) is 0 Å². The molecule has 0 aliphatic carbocycles. The van der Waals surface area contributed by atoms with Crippen molar-refractivity contribution < 1.29 is 26.4 Å². The second-order valence-corrected chi connectivity index (χ2v) is 9.16. The monoisotopic (exact) mass is 439 g/mol. The molecule has 0 spiro atoms. The van der Waals surface area contributed by atoms with Crippen molar-refractivity contribution >= 4 is 21.8 Å². The van der Waals surface area contributed by atoms with Crippen molar-refractivity contribution in [1.29, 1.82) is 0 Å². The SMILES string of the molecule is CC(C)(CNC(=O)CN=C1NS(=O)(=O)c2ccccc21)c1cccc(C(F)(F)F)c1. The summed E-state index contributed by atoms with van der Waals surface area (Å²) in [6.07, 6.45) is -4.45. The van der Waals surface area contributed by atoms with E-state index in [0.717, 1.165) is 12.1 Å². The number of halogens is 3. The van der Waals surface area contributed by atoms with Gasteiger partial charge in [-0.1, -0.05) is 44.2 Å². The number of benzene rings is 2. The lowest BCUT2D eigenvalue weighted by Crippen LogP contribution is -2.38. The Bertz CT molecular complexity index is 1110. The summed E-state index contributed by atoms with van der Waals surface area (Å²) in [4.78, 5) is 16.3. The van der Waals surface area contributed by atoms with E-state index in [1.807, 2.05) is 0 Å². The van der Waals surface area contributed by atoms with Gasteiger partial charge in [-0.05, 0) is 23.8 Å². The number of sulfonamides is 1. The van der Waals surface area contributed by atoms with Crippen molar-refractivity contribution in [3.63, 3.8) is 0 Å². The van der Waals surface area contributed by atoms with Crippen molar-refractivity contribution in [2.75, 3.05) is 13.1 Å². The standard InChI is InChI=1S/C20H20F3N3O3S/c1-19(2,13-6-5-7-14(10-13)20(21,22)23)12-25-17(27)11-24-18-15-8-3-4-9-16(15)30(28,29)26-18/h3-10H,11-12H2,1-2H3,(H,24,26)(H,25,27). The summed E-state index contributed by atoms with van der Waals surface area (Å²) in [5, 5.41) is 2.64. The largest absolute Gasteiger partial charge is 0.416 e. The molecule has 2 N–H and O–H groups in total. The first-order chi connectivity index (χ1) is 13.9. The molecule has 3 rings (SSSR count). The number of hydrogen-bond acceptors (Lipinski definition) is 4. The van der Waals surface area contributed by atoms with Crippen LogP contribution in [0, 0.1) is 0 Å². The molecular formula is C20H20F3N3O3S. The number of amidine groups is 1. The fraction of sp³-hybridized carbons (Fsp3) is 0.300. The highest BCUT2D eigenvalue weighted by atomic mass is 32.2. The zero-order valence-electron chi connectivity index (χ0n) is 16.2. The fourth-order valence-electron chi connectivity index (χ4n) is 3.00. The van der Waals surface area contributed by atoms with E-state index >= 15 is 0 Å². The quantitative estimate of drug-likeness (QED) is 0.751. The van der Waals surface area contributed by atoms with Crippen LogP contribution < -0.4 is 10.0 Å². The summed E-state index contributed by atoms with van der Waals surface area (Å²) in [5.74, 6) is -0.399. The number of amides is 1. The van der Waals surface area contributed by atoms with Crippen LogP contribution in [0.4, 0.5) is 13.2 Å². The highest BCUT2D eigenvalue weighted by molar-refractivity contribution is 7.90. The lowest BCUT2D eigenvalue weighted by atomic mass is 9.83. The van der Waals surface area contributed by atoms with E-state index in [9.17, 15) is 26.4 Å². The molecule has 1 heterocycles. The van der Waals surface area contributed by atoms with Gasteiger partial charge in [-0.25, -0.2) is 8.42 Å². The maximum absolute atomic E-state index is 12.9. The van der Waals surface area contributed by atoms with E-state index in [-0.39, 0.29) is 23.8 Å². The molecule has 30 heavy (non-hydrogen) atoms. The molecule has 0 unspecified atom stereocenters. The normalized spacial score (nSPS) is 16.8. The molecule has 0 bridgehead atoms. The first-order valence-electron chi connectivity index (χ1n) is 9.01. The van der Waals surface area contributed by atoms with Crippen molar-refractivity contribution in [2.24, 2.45) is 4.99 Å². The Kier molecular flexibility index (Phi) is 5.64. The van der Waals surface area contributed by atoms with Gasteiger partial charge in [-0.2, -0.15) is 13.2 Å². The molecule has 0 radical (unpaired) electrons. The van der Waals surface area contributed by atoms with Crippen LogP contribution >= 0.6 is 0 Å². The third kappa shape index (κ3) is 4.64. The Morgan fingerprint density at radius 3 is 2.43 bits per heavy atom. The predicted octanol–water partition coefficient (Wildman–Crippen LogP) is 2.84. The third-order valence-corrected chi connectivity index (χ3v) is 6.14. The molecule has 2 aromatic carbocycles. The Balaban J connectivity index is 1.66. The minimum absolute atomic E-state index is 0.0814. The van der Waals surface area contributed by atoms with E-state index in [0.29, 0.717) is 11.1 Å². The van der Waals surface area contributed by atoms with E-state index in [1.54, 1.807) is 38.1 Å². The molecular weight excluding hydrogens is 419 g/mol. The van der Waals surface area contributed by atoms with E-state index in [2.05, 4.69) is 15.0 Å². The minimum atomic E-state index is -4.45. The highest BCUT2D eigenvalue weighted by Gasteiger charge is 2.32. The Hall–Kier alpha value is -2.88. The number of nitrogens with one attached hydrogen (secondary N) is 2. The number of nitrogens with zero attached hydrogens (tertiary/aromatic N) is 1. The van der Waals surface area contributed by atoms with Crippen LogP contribution in [-0.4, -0.2) is 33.3 Å². The molecule has 2 aromatic rings. The number of rotatable bonds is 5. The smallest absolute Gasteiger partial charge is 0.354 e. The van der Waals surface area contributed by atoms with Gasteiger partial charge in [0.1, 0.15) is 12.4 Å². The highest BCUT2D eigenvalue weighted by Crippen LogP contribution is 2.32. The van der Waals surface area contributed by atoms with Gasteiger partial charge in [0.2, 0.25) is 5.91 Å². The lowest BCUT2D eigenvalue weighted by molar-refractivity contribution is -0.137. The van der Waals surface area contributed by atoms with Gasteiger partial charge in [0.05, 0.1) is 10.5 Å². The van der Waals surface area contributed by atoms with Crippen LogP contribution in [0.25, 0.3) is 0 Å². The van der Waals surface area contributed by atoms with Gasteiger partial charge in [0.15, 0.2) is 0 Å². The average Bonchev–Trinajstić information content (AvgIpc) is 2.95. The Morgan fingerprint density at radius 2 is 1.73 bits per heavy atom. The molecule has 0 aromatic heterocycles. The topological polar surface area (TPSA) is 87.6 Å².